The maximum Gasteiger partial charge on any atom is 0.248 e. The van der Waals surface area contributed by atoms with Gasteiger partial charge >= 0.3 is 0 Å². The van der Waals surface area contributed by atoms with E-state index < -0.39 is 17.8 Å². The highest BCUT2D eigenvalue weighted by atomic mass is 19.1. The number of nitrogens with two attached hydrogens (primary N) is 1. The number of nitrogens with one attached hydrogen (secondary N) is 1. The van der Waals surface area contributed by atoms with E-state index >= 15 is 4.39 Å². The highest BCUT2D eigenvalue weighted by Crippen LogP contribution is 2.29. The van der Waals surface area contributed by atoms with Gasteiger partial charge in [-0.1, -0.05) is 12.1 Å². The number of hydrogen-bond donors (Lipinski definition) is 2. The van der Waals surface area contributed by atoms with E-state index in [9.17, 15) is 9.59 Å². The molecule has 0 radical (unpaired) electrons. The van der Waals surface area contributed by atoms with Crippen LogP contribution in [0.15, 0.2) is 61.2 Å². The van der Waals surface area contributed by atoms with E-state index in [-0.39, 0.29) is 12.2 Å². The molecule has 3 heterocycles. The molecule has 0 saturated carbocycles. The Hall–Kier alpha value is -4.15. The molecule has 1 aliphatic rings. The van der Waals surface area contributed by atoms with Gasteiger partial charge in [-0.05, 0) is 44.4 Å². The fraction of sp³-hybridized carbons (Fsp3) is 0.231. The molecule has 2 aromatic carbocycles. The Labute approximate surface area is 207 Å². The molecule has 0 aliphatic carbocycles. The molecule has 0 fully saturated rings. The third-order valence-corrected chi connectivity index (χ3v) is 6.23. The summed E-state index contributed by atoms with van der Waals surface area (Å²) in [4.78, 5) is 35.7. The number of ketones is 1. The highest BCUT2D eigenvalue weighted by Gasteiger charge is 2.29. The van der Waals surface area contributed by atoms with Crippen LogP contribution in [-0.4, -0.2) is 49.8 Å². The molecule has 2 aromatic heterocycles. The molecule has 9 nitrogen and oxygen atoms in total. The molecular formula is C26H26FN7O2. The van der Waals surface area contributed by atoms with Gasteiger partial charge in [-0.25, -0.2) is 14.4 Å². The van der Waals surface area contributed by atoms with Crippen molar-refractivity contribution in [2.75, 3.05) is 14.1 Å². The summed E-state index contributed by atoms with van der Waals surface area (Å²) >= 11 is 0. The van der Waals surface area contributed by atoms with Gasteiger partial charge in [0.2, 0.25) is 5.91 Å². The van der Waals surface area contributed by atoms with E-state index in [1.807, 2.05) is 29.6 Å². The van der Waals surface area contributed by atoms with E-state index in [0.29, 0.717) is 47.0 Å². The van der Waals surface area contributed by atoms with Crippen LogP contribution < -0.4 is 11.1 Å². The number of aromatic nitrogens is 4. The maximum absolute atomic E-state index is 15.3. The molecule has 5 rings (SSSR count). The second-order valence-corrected chi connectivity index (χ2v) is 9.04. The lowest BCUT2D eigenvalue weighted by molar-refractivity contribution is 0.0964. The Morgan fingerprint density at radius 2 is 1.97 bits per heavy atom. The van der Waals surface area contributed by atoms with Gasteiger partial charge in [0.1, 0.15) is 23.7 Å². The average molecular weight is 488 g/mol. The summed E-state index contributed by atoms with van der Waals surface area (Å²) in [6.07, 6.45) is 5.10. The zero-order chi connectivity index (χ0) is 25.4. The molecule has 0 bridgehead atoms. The molecule has 0 saturated heterocycles. The first-order valence-corrected chi connectivity index (χ1v) is 11.5. The summed E-state index contributed by atoms with van der Waals surface area (Å²) in [6, 6.07) is 11.2. The number of fused-ring (bicyclic) bond motifs is 1. The second-order valence-electron chi connectivity index (χ2n) is 9.04. The first-order valence-electron chi connectivity index (χ1n) is 11.5. The Balaban J connectivity index is 1.42. The largest absolute Gasteiger partial charge is 0.366 e. The van der Waals surface area contributed by atoms with Gasteiger partial charge in [0, 0.05) is 53.9 Å². The smallest absolute Gasteiger partial charge is 0.248 e. The summed E-state index contributed by atoms with van der Waals surface area (Å²) in [7, 11) is 3.89. The number of Topliss-reactive ketones (excluding diaryl/α,β-unsaturated/α-hetero) is 1. The monoisotopic (exact) mass is 487 g/mol. The van der Waals surface area contributed by atoms with Gasteiger partial charge in [0.05, 0.1) is 12.2 Å². The standard InChI is InChI=1S/C26H26FN7O2/c1-32(2)14-24-29-8-9-33(24)18-6-7-19(20(27)11-18)21-12-23(35)25-22(13-30-21)31-15-34(25)17-5-3-4-16(10-17)26(28)36/h3-11,15,21,30H,12-14H2,1-2H3,(H2,28,36). The number of amides is 1. The summed E-state index contributed by atoms with van der Waals surface area (Å²) in [5, 5.41) is 3.27. The van der Waals surface area contributed by atoms with Crippen LogP contribution in [-0.2, 0) is 13.1 Å². The Morgan fingerprint density at radius 3 is 2.72 bits per heavy atom. The number of benzene rings is 2. The summed E-state index contributed by atoms with van der Waals surface area (Å²) in [5.41, 5.74) is 8.40. The van der Waals surface area contributed by atoms with Gasteiger partial charge in [-0.3, -0.25) is 14.2 Å². The van der Waals surface area contributed by atoms with Crippen molar-refractivity contribution in [3.05, 3.63) is 95.3 Å². The molecular weight excluding hydrogens is 461 g/mol. The van der Waals surface area contributed by atoms with Crippen LogP contribution in [0.1, 0.15) is 50.4 Å². The second kappa shape index (κ2) is 9.48. The van der Waals surface area contributed by atoms with Crippen LogP contribution in [0.3, 0.4) is 0 Å². The van der Waals surface area contributed by atoms with Gasteiger partial charge in [0.25, 0.3) is 0 Å². The number of carbonyl (C=O) groups excluding carboxylic acids is 2. The minimum atomic E-state index is -0.556. The molecule has 184 valence electrons. The number of rotatable bonds is 6. The number of hydrogen-bond acceptors (Lipinski definition) is 6. The van der Waals surface area contributed by atoms with E-state index in [2.05, 4.69) is 15.3 Å². The third kappa shape index (κ3) is 4.43. The molecule has 10 heteroatoms. The van der Waals surface area contributed by atoms with Crippen molar-refractivity contribution in [2.24, 2.45) is 5.73 Å². The Bertz CT molecular complexity index is 1460. The third-order valence-electron chi connectivity index (χ3n) is 6.23. The molecule has 1 aliphatic heterocycles. The Kier molecular flexibility index (Phi) is 6.21. The zero-order valence-electron chi connectivity index (χ0n) is 20.0. The molecule has 36 heavy (non-hydrogen) atoms. The number of halogens is 1. The van der Waals surface area contributed by atoms with Crippen LogP contribution in [0, 0.1) is 5.82 Å². The average Bonchev–Trinajstić information content (AvgIpc) is 3.45. The summed E-state index contributed by atoms with van der Waals surface area (Å²) in [6.45, 7) is 0.912. The SMILES string of the molecule is CN(C)Cc1nccn1-c1ccc(C2CC(=O)c3c(ncn3-c3cccc(C(N)=O)c3)CN2)c(F)c1. The quantitative estimate of drug-likeness (QED) is 0.433. The van der Waals surface area contributed by atoms with E-state index in [1.54, 1.807) is 53.6 Å². The molecule has 3 N–H and O–H groups in total. The molecule has 1 amide bonds. The lowest BCUT2D eigenvalue weighted by Crippen LogP contribution is -2.22. The fourth-order valence-corrected chi connectivity index (χ4v) is 4.53. The van der Waals surface area contributed by atoms with Crippen molar-refractivity contribution in [1.82, 2.24) is 29.3 Å². The van der Waals surface area contributed by atoms with Crippen molar-refractivity contribution in [3.63, 3.8) is 0 Å². The van der Waals surface area contributed by atoms with Gasteiger partial charge in [0.15, 0.2) is 5.78 Å². The van der Waals surface area contributed by atoms with Crippen LogP contribution in [0.2, 0.25) is 0 Å². The van der Waals surface area contributed by atoms with Crippen molar-refractivity contribution in [3.8, 4) is 11.4 Å². The van der Waals surface area contributed by atoms with Crippen LogP contribution >= 0.6 is 0 Å². The number of nitrogens with zero attached hydrogens (tertiary/aromatic N) is 5. The number of imidazole rings is 2. The van der Waals surface area contributed by atoms with Gasteiger partial charge < -0.3 is 20.5 Å². The zero-order valence-corrected chi connectivity index (χ0v) is 20.0. The minimum absolute atomic E-state index is 0.0570. The first-order chi connectivity index (χ1) is 17.3. The predicted molar refractivity (Wildman–Crippen MR) is 132 cm³/mol. The molecule has 1 atom stereocenters. The van der Waals surface area contributed by atoms with E-state index in [4.69, 9.17) is 5.73 Å². The summed E-state index contributed by atoms with van der Waals surface area (Å²) in [5.74, 6) is -0.333. The Morgan fingerprint density at radius 1 is 1.17 bits per heavy atom. The normalized spacial score (nSPS) is 15.7. The fourth-order valence-electron chi connectivity index (χ4n) is 4.53. The topological polar surface area (TPSA) is 111 Å². The summed E-state index contributed by atoms with van der Waals surface area (Å²) < 4.78 is 18.8. The van der Waals surface area contributed by atoms with Gasteiger partial charge in [-0.15, -0.1) is 0 Å². The van der Waals surface area contributed by atoms with E-state index in [1.165, 1.54) is 6.07 Å². The number of primary amides is 1. The minimum Gasteiger partial charge on any atom is -0.366 e. The lowest BCUT2D eigenvalue weighted by Gasteiger charge is -2.18. The van der Waals surface area contributed by atoms with Crippen molar-refractivity contribution >= 4 is 11.7 Å². The van der Waals surface area contributed by atoms with Crippen LogP contribution in [0.4, 0.5) is 4.39 Å². The van der Waals surface area contributed by atoms with Crippen LogP contribution in [0.5, 0.6) is 0 Å². The molecule has 1 unspecified atom stereocenters. The van der Waals surface area contributed by atoms with Crippen molar-refractivity contribution in [1.29, 1.82) is 0 Å². The molecule has 0 spiro atoms. The number of carbonyl (C=O) groups is 2. The predicted octanol–water partition coefficient (Wildman–Crippen LogP) is 2.77. The highest BCUT2D eigenvalue weighted by molar-refractivity contribution is 5.97. The van der Waals surface area contributed by atoms with Crippen LogP contribution in [0.25, 0.3) is 11.4 Å². The molecule has 4 aromatic rings. The van der Waals surface area contributed by atoms with Gasteiger partial charge in [-0.2, -0.15) is 0 Å². The van der Waals surface area contributed by atoms with Crippen molar-refractivity contribution in [2.45, 2.75) is 25.6 Å². The van der Waals surface area contributed by atoms with Crippen molar-refractivity contribution < 1.29 is 14.0 Å². The maximum atomic E-state index is 15.3. The lowest BCUT2D eigenvalue weighted by atomic mass is 10.00. The first kappa shape index (κ1) is 23.6. The van der Waals surface area contributed by atoms with E-state index in [0.717, 1.165) is 5.82 Å².